The maximum absolute atomic E-state index is 10.9. The molecule has 0 saturated carbocycles. The summed E-state index contributed by atoms with van der Waals surface area (Å²) in [6.45, 7) is 3.87. The molecule has 0 saturated heterocycles. The Morgan fingerprint density at radius 2 is 1.96 bits per heavy atom. The highest BCUT2D eigenvalue weighted by Crippen LogP contribution is 2.37. The number of hydrogen-bond donors (Lipinski definition) is 0. The average molecular weight is 368 g/mol. The number of hydrogen-bond acceptors (Lipinski definition) is 3. The average Bonchev–Trinajstić information content (AvgIpc) is 2.76. The third kappa shape index (κ3) is 4.12. The van der Waals surface area contributed by atoms with Crippen molar-refractivity contribution in [3.05, 3.63) is 87.4 Å². The Kier molecular flexibility index (Phi) is 5.57. The van der Waals surface area contributed by atoms with Crippen molar-refractivity contribution < 1.29 is 4.79 Å². The molecule has 0 radical (unpaired) electrons. The molecule has 0 N–H and O–H groups in total. The summed E-state index contributed by atoms with van der Waals surface area (Å²) < 4.78 is 0. The van der Waals surface area contributed by atoms with E-state index in [1.165, 1.54) is 0 Å². The number of rotatable bonds is 4. The van der Waals surface area contributed by atoms with Crippen LogP contribution in [0.1, 0.15) is 25.0 Å². The zero-order valence-corrected chi connectivity index (χ0v) is 15.6. The first-order valence-corrected chi connectivity index (χ1v) is 9.24. The van der Waals surface area contributed by atoms with Crippen LogP contribution in [0.3, 0.4) is 0 Å². The number of fused-ring (bicyclic) bond motifs is 1. The van der Waals surface area contributed by atoms with E-state index in [1.807, 2.05) is 62.4 Å². The first-order valence-electron chi connectivity index (χ1n) is 8.04. The third-order valence-corrected chi connectivity index (χ3v) is 5.32. The molecular formula is C21H18ClNOS. The van der Waals surface area contributed by atoms with E-state index in [-0.39, 0.29) is 5.92 Å². The predicted molar refractivity (Wildman–Crippen MR) is 106 cm³/mol. The van der Waals surface area contributed by atoms with Crippen molar-refractivity contribution >= 4 is 35.4 Å². The van der Waals surface area contributed by atoms with E-state index in [2.05, 4.69) is 12.1 Å². The van der Waals surface area contributed by atoms with E-state index in [0.717, 1.165) is 38.6 Å². The first-order chi connectivity index (χ1) is 12.1. The van der Waals surface area contributed by atoms with Crippen molar-refractivity contribution in [2.24, 2.45) is 10.9 Å². The van der Waals surface area contributed by atoms with Gasteiger partial charge in [0.05, 0.1) is 11.4 Å². The van der Waals surface area contributed by atoms with Gasteiger partial charge in [0, 0.05) is 31.9 Å². The van der Waals surface area contributed by atoms with Gasteiger partial charge in [0.15, 0.2) is 0 Å². The lowest BCUT2D eigenvalue weighted by Crippen LogP contribution is -2.04. The number of aldehydes is 1. The number of aliphatic imine (C=N–C) groups is 1. The molecule has 2 nitrogen and oxygen atoms in total. The van der Waals surface area contributed by atoms with E-state index in [1.54, 1.807) is 11.8 Å². The number of nitrogens with zero attached hydrogens (tertiary/aromatic N) is 1. The monoisotopic (exact) mass is 367 g/mol. The molecule has 0 spiro atoms. The fourth-order valence-electron chi connectivity index (χ4n) is 2.52. The van der Waals surface area contributed by atoms with Crippen molar-refractivity contribution in [3.63, 3.8) is 0 Å². The second kappa shape index (κ2) is 7.85. The number of benzene rings is 2. The summed E-state index contributed by atoms with van der Waals surface area (Å²) in [6, 6.07) is 16.0. The van der Waals surface area contributed by atoms with Crippen LogP contribution in [0.4, 0.5) is 0 Å². The number of carbonyl (C=O) groups is 1. The molecule has 126 valence electrons. The number of allylic oxidation sites excluding steroid dienone is 3. The minimum absolute atomic E-state index is 0.115. The maximum atomic E-state index is 10.9. The Labute approximate surface area is 157 Å². The van der Waals surface area contributed by atoms with Gasteiger partial charge < -0.3 is 4.79 Å². The summed E-state index contributed by atoms with van der Waals surface area (Å²) >= 11 is 7.85. The van der Waals surface area contributed by atoms with Crippen LogP contribution in [-0.4, -0.2) is 12.0 Å². The molecule has 1 heterocycles. The molecule has 0 bridgehead atoms. The Balaban J connectivity index is 2.14. The lowest BCUT2D eigenvalue weighted by Gasteiger charge is -2.09. The van der Waals surface area contributed by atoms with Gasteiger partial charge in [-0.3, -0.25) is 4.99 Å². The van der Waals surface area contributed by atoms with Gasteiger partial charge in [0.1, 0.15) is 6.29 Å². The zero-order valence-electron chi connectivity index (χ0n) is 14.1. The summed E-state index contributed by atoms with van der Waals surface area (Å²) in [6.07, 6.45) is 4.82. The molecule has 2 aromatic rings. The van der Waals surface area contributed by atoms with E-state index in [9.17, 15) is 4.79 Å². The molecule has 0 fully saturated rings. The highest BCUT2D eigenvalue weighted by molar-refractivity contribution is 8.03. The van der Waals surface area contributed by atoms with Crippen molar-refractivity contribution in [3.8, 4) is 0 Å². The quantitative estimate of drug-likeness (QED) is 0.629. The van der Waals surface area contributed by atoms with Gasteiger partial charge in [-0.2, -0.15) is 0 Å². The van der Waals surface area contributed by atoms with Crippen molar-refractivity contribution in [2.45, 2.75) is 18.7 Å². The molecule has 1 atom stereocenters. The lowest BCUT2D eigenvalue weighted by molar-refractivity contribution is -0.109. The Morgan fingerprint density at radius 1 is 1.16 bits per heavy atom. The molecule has 1 unspecified atom stereocenters. The standard InChI is InChI=1S/C21H18ClNOS/c1-14(13-24)10-11-19-15(2)23-21(16-6-5-7-17(22)12-16)18-8-3-4-9-20(18)25-19/h3-14H,1-2H3/b11-10-. The zero-order chi connectivity index (χ0) is 17.8. The van der Waals surface area contributed by atoms with Gasteiger partial charge in [-0.05, 0) is 31.2 Å². The SMILES string of the molecule is CC1=C(/C=C\C(C)C=O)Sc2ccccc2C(c2cccc(Cl)c2)=N1. The fourth-order valence-corrected chi connectivity index (χ4v) is 3.71. The van der Waals surface area contributed by atoms with Gasteiger partial charge in [-0.1, -0.05) is 66.7 Å². The van der Waals surface area contributed by atoms with Crippen LogP contribution < -0.4 is 0 Å². The van der Waals surface area contributed by atoms with E-state index in [4.69, 9.17) is 16.6 Å². The normalized spacial score (nSPS) is 15.6. The van der Waals surface area contributed by atoms with Crippen molar-refractivity contribution in [1.82, 2.24) is 0 Å². The lowest BCUT2D eigenvalue weighted by atomic mass is 10.0. The highest BCUT2D eigenvalue weighted by atomic mass is 35.5. The summed E-state index contributed by atoms with van der Waals surface area (Å²) in [5, 5.41) is 0.691. The Morgan fingerprint density at radius 3 is 2.72 bits per heavy atom. The topological polar surface area (TPSA) is 29.4 Å². The Bertz CT molecular complexity index is 898. The molecule has 0 aromatic heterocycles. The molecular weight excluding hydrogens is 350 g/mol. The van der Waals surface area contributed by atoms with E-state index in [0.29, 0.717) is 5.02 Å². The van der Waals surface area contributed by atoms with Gasteiger partial charge >= 0.3 is 0 Å². The maximum Gasteiger partial charge on any atom is 0.126 e. The largest absolute Gasteiger partial charge is 0.303 e. The van der Waals surface area contributed by atoms with Crippen LogP contribution in [0, 0.1) is 5.92 Å². The van der Waals surface area contributed by atoms with E-state index < -0.39 is 0 Å². The molecule has 2 aromatic carbocycles. The molecule has 4 heteroatoms. The molecule has 1 aliphatic heterocycles. The van der Waals surface area contributed by atoms with Crippen LogP contribution in [0.5, 0.6) is 0 Å². The van der Waals surface area contributed by atoms with Crippen LogP contribution >= 0.6 is 23.4 Å². The minimum atomic E-state index is -0.115. The summed E-state index contributed by atoms with van der Waals surface area (Å²) in [4.78, 5) is 17.9. The fraction of sp³-hybridized carbons (Fsp3) is 0.143. The third-order valence-electron chi connectivity index (χ3n) is 3.86. The van der Waals surface area contributed by atoms with Crippen LogP contribution in [0.15, 0.2) is 81.2 Å². The van der Waals surface area contributed by atoms with Gasteiger partial charge in [-0.15, -0.1) is 0 Å². The second-order valence-corrected chi connectivity index (χ2v) is 7.39. The molecule has 25 heavy (non-hydrogen) atoms. The molecule has 3 rings (SSSR count). The number of halogens is 1. The van der Waals surface area contributed by atoms with Gasteiger partial charge in [0.25, 0.3) is 0 Å². The Hall–Kier alpha value is -2.10. The van der Waals surface area contributed by atoms with E-state index >= 15 is 0 Å². The van der Waals surface area contributed by atoms with Crippen molar-refractivity contribution in [1.29, 1.82) is 0 Å². The van der Waals surface area contributed by atoms with Crippen LogP contribution in [-0.2, 0) is 4.79 Å². The smallest absolute Gasteiger partial charge is 0.126 e. The van der Waals surface area contributed by atoms with Crippen LogP contribution in [0.2, 0.25) is 5.02 Å². The molecule has 0 aliphatic carbocycles. The predicted octanol–water partition coefficient (Wildman–Crippen LogP) is 5.91. The van der Waals surface area contributed by atoms with Gasteiger partial charge in [-0.25, -0.2) is 0 Å². The summed E-state index contributed by atoms with van der Waals surface area (Å²) in [7, 11) is 0. The highest BCUT2D eigenvalue weighted by Gasteiger charge is 2.18. The first kappa shape index (κ1) is 17.7. The van der Waals surface area contributed by atoms with Crippen molar-refractivity contribution in [2.75, 3.05) is 0 Å². The minimum Gasteiger partial charge on any atom is -0.303 e. The number of carbonyl (C=O) groups excluding carboxylic acids is 1. The second-order valence-electron chi connectivity index (χ2n) is 5.87. The molecule has 1 aliphatic rings. The summed E-state index contributed by atoms with van der Waals surface area (Å²) in [5.41, 5.74) is 3.91. The molecule has 0 amide bonds. The van der Waals surface area contributed by atoms with Crippen LogP contribution in [0.25, 0.3) is 0 Å². The van der Waals surface area contributed by atoms with Gasteiger partial charge in [0.2, 0.25) is 0 Å². The summed E-state index contributed by atoms with van der Waals surface area (Å²) in [5.74, 6) is -0.115. The number of thioether (sulfide) groups is 1.